The van der Waals surface area contributed by atoms with Gasteiger partial charge in [-0.3, -0.25) is 0 Å². The molecule has 0 radical (unpaired) electrons. The minimum atomic E-state index is -0.741. The van der Waals surface area contributed by atoms with Crippen LogP contribution in [0.4, 0.5) is 34.6 Å². The van der Waals surface area contributed by atoms with Crippen LogP contribution in [0.5, 0.6) is 0 Å². The molecule has 16 aliphatic rings. The molecule has 0 saturated heterocycles. The Bertz CT molecular complexity index is 5690. The summed E-state index contributed by atoms with van der Waals surface area (Å²) < 4.78 is 60.4. The van der Waals surface area contributed by atoms with Gasteiger partial charge in [-0.1, -0.05) is 224 Å². The Morgan fingerprint density at radius 3 is 2.02 bits per heavy atom. The summed E-state index contributed by atoms with van der Waals surface area (Å²) >= 11 is 2.01. The summed E-state index contributed by atoms with van der Waals surface area (Å²) in [5.41, 5.74) is 29.4. The standard InChI is InChI=1S/C114H112F4N2S/c1-3-73-19-23-75(24-20-73)77-27-39-87(40-28-77)113(89-43-51-93(117)52-44-89)107-17-7-5-15-101(107)103-63-59-99(71-109(103)113)119(95-55-35-81(36-56-95)85-13-9-11-83(67-85)79-31-47-91(115)48-32-79)97-61-65-111-105(69-97)106-70-98(62-66-112(106)121-111)120(96-57-37-82(38-58-96)86-14-10-12-84(68-86)80-33-49-92(116)50-34-80)100-60-64-104-102-16-6-8-18-108(102)114(110(104)72-100,90-45-53-94(118)54-46-90)88-41-29-78(30-42-88)76-25-21-74(4-2)22-26-76/h3-7,12-13,15-17,19,21,23,25-29,31,33,35-37,39-40,43-44,47,51-53,55-56,59-66,68-71,74,83,88,90,92,96,100-101,104,106-107,110,112H,1-2,8-11,14,18,20,22,24,30,32,34,38,41-42,45-46,48-50,54,57-58,67,72H2. The Morgan fingerprint density at radius 1 is 0.504 bits per heavy atom. The third-order valence-corrected chi connectivity index (χ3v) is 32.8. The molecule has 7 heteroatoms. The van der Waals surface area contributed by atoms with Gasteiger partial charge in [0.2, 0.25) is 0 Å². The minimum Gasteiger partial charge on any atom is -0.362 e. The number of alkyl halides is 1. The lowest BCUT2D eigenvalue weighted by Crippen LogP contribution is -2.51. The highest BCUT2D eigenvalue weighted by Crippen LogP contribution is 2.69. The van der Waals surface area contributed by atoms with Crippen molar-refractivity contribution < 1.29 is 17.6 Å². The van der Waals surface area contributed by atoms with E-state index < -0.39 is 11.6 Å². The van der Waals surface area contributed by atoms with Crippen LogP contribution in [0, 0.1) is 52.7 Å². The Hall–Kier alpha value is -9.95. The molecular weight excluding hydrogens is 1510 g/mol. The van der Waals surface area contributed by atoms with Gasteiger partial charge in [0.05, 0.1) is 11.2 Å². The summed E-state index contributed by atoms with van der Waals surface area (Å²) in [7, 11) is 0. The smallest absolute Gasteiger partial charge is 0.123 e. The number of halogens is 4. The molecule has 1 aliphatic heterocycles. The molecule has 612 valence electrons. The average molecular weight is 1620 g/mol. The highest BCUT2D eigenvalue weighted by atomic mass is 32.2. The van der Waals surface area contributed by atoms with Crippen molar-refractivity contribution in [1.82, 2.24) is 4.90 Å². The molecule has 15 unspecified atom stereocenters. The molecule has 0 fully saturated rings. The van der Waals surface area contributed by atoms with Crippen LogP contribution in [0.15, 0.2) is 364 Å². The zero-order valence-corrected chi connectivity index (χ0v) is 70.7. The fraction of sp³-hybridized carbons (Fsp3) is 0.351. The van der Waals surface area contributed by atoms with Crippen molar-refractivity contribution in [2.75, 3.05) is 4.90 Å². The molecule has 0 bridgehead atoms. The molecule has 0 N–H and O–H groups in total. The van der Waals surface area contributed by atoms with Gasteiger partial charge in [0, 0.05) is 80.5 Å². The van der Waals surface area contributed by atoms with E-state index in [0.29, 0.717) is 61.2 Å². The normalized spacial score (nSPS) is 31.2. The molecular formula is C114H112F4N2S. The van der Waals surface area contributed by atoms with Crippen molar-refractivity contribution in [3.63, 3.8) is 0 Å². The first-order valence-corrected chi connectivity index (χ1v) is 46.9. The Morgan fingerprint density at radius 2 is 1.27 bits per heavy atom. The van der Waals surface area contributed by atoms with Gasteiger partial charge in [0.15, 0.2) is 0 Å². The van der Waals surface area contributed by atoms with Crippen molar-refractivity contribution >= 4 is 40.0 Å². The molecule has 121 heavy (non-hydrogen) atoms. The summed E-state index contributed by atoms with van der Waals surface area (Å²) in [6.07, 6.45) is 85.7. The highest BCUT2D eigenvalue weighted by molar-refractivity contribution is 8.00. The summed E-state index contributed by atoms with van der Waals surface area (Å²) in [5, 5.41) is 0.204. The Kier molecular flexibility index (Phi) is 21.4. The van der Waals surface area contributed by atoms with Crippen LogP contribution in [-0.4, -0.2) is 28.4 Å². The highest BCUT2D eigenvalue weighted by Gasteiger charge is 2.61. The predicted molar refractivity (Wildman–Crippen MR) is 495 cm³/mol. The Balaban J connectivity index is 0.677. The lowest BCUT2D eigenvalue weighted by Gasteiger charge is -2.55. The number of benzene rings is 5. The van der Waals surface area contributed by atoms with E-state index in [9.17, 15) is 8.78 Å². The first kappa shape index (κ1) is 78.3. The summed E-state index contributed by atoms with van der Waals surface area (Å²) in [4.78, 5) is 6.79. The molecule has 0 aromatic heterocycles. The maximum atomic E-state index is 15.8. The quantitative estimate of drug-likeness (QED) is 0.0638. The summed E-state index contributed by atoms with van der Waals surface area (Å²) in [6, 6.07) is 41.2. The van der Waals surface area contributed by atoms with E-state index in [0.717, 1.165) is 157 Å². The minimum absolute atomic E-state index is 0.00580. The van der Waals surface area contributed by atoms with Gasteiger partial charge in [-0.25, -0.2) is 17.6 Å². The summed E-state index contributed by atoms with van der Waals surface area (Å²) in [6.45, 7) is 8.21. The zero-order chi connectivity index (χ0) is 81.5. The van der Waals surface area contributed by atoms with Crippen LogP contribution in [-0.2, 0) is 5.41 Å². The zero-order valence-electron chi connectivity index (χ0n) is 69.9. The van der Waals surface area contributed by atoms with E-state index in [1.807, 2.05) is 36.0 Å². The van der Waals surface area contributed by atoms with Gasteiger partial charge in [-0.05, 0) is 345 Å². The predicted octanol–water partition coefficient (Wildman–Crippen LogP) is 30.7. The number of hydrogen-bond donors (Lipinski definition) is 0. The molecule has 15 atom stereocenters. The first-order valence-electron chi connectivity index (χ1n) is 46.0. The molecule has 5 aromatic carbocycles. The lowest BCUT2D eigenvalue weighted by atomic mass is 9.50. The molecule has 0 amide bonds. The van der Waals surface area contributed by atoms with E-state index in [4.69, 9.17) is 0 Å². The van der Waals surface area contributed by atoms with Gasteiger partial charge >= 0.3 is 0 Å². The first-order chi connectivity index (χ1) is 59.4. The van der Waals surface area contributed by atoms with E-state index in [1.165, 1.54) is 99.7 Å². The lowest BCUT2D eigenvalue weighted by molar-refractivity contribution is 0.00478. The number of hydrogen-bond acceptors (Lipinski definition) is 3. The van der Waals surface area contributed by atoms with Gasteiger partial charge in [0.1, 0.15) is 17.8 Å². The van der Waals surface area contributed by atoms with Crippen LogP contribution in [0.25, 0.3) is 11.1 Å². The average Bonchev–Trinajstić information content (AvgIpc) is 1.54. The third kappa shape index (κ3) is 14.3. The largest absolute Gasteiger partial charge is 0.362 e. The number of nitrogens with zero attached hydrogens (tertiary/aromatic N) is 2. The van der Waals surface area contributed by atoms with Crippen LogP contribution in [0.3, 0.4) is 0 Å². The van der Waals surface area contributed by atoms with E-state index >= 15 is 8.78 Å². The van der Waals surface area contributed by atoms with Crippen molar-refractivity contribution in [3.05, 3.63) is 404 Å². The number of anilines is 3. The van der Waals surface area contributed by atoms with Crippen LogP contribution >= 0.6 is 11.8 Å². The maximum absolute atomic E-state index is 15.8. The van der Waals surface area contributed by atoms with Gasteiger partial charge < -0.3 is 9.80 Å². The number of rotatable bonds is 18. The van der Waals surface area contributed by atoms with Crippen LogP contribution < -0.4 is 4.90 Å². The molecule has 21 rings (SSSR count). The third-order valence-electron chi connectivity index (χ3n) is 31.5. The second-order valence-corrected chi connectivity index (χ2v) is 38.7. The van der Waals surface area contributed by atoms with E-state index in [-0.39, 0.29) is 58.0 Å². The monoisotopic (exact) mass is 1620 g/mol. The number of fused-ring (bicyclic) bond motifs is 8. The maximum Gasteiger partial charge on any atom is 0.123 e. The second kappa shape index (κ2) is 33.0. The molecule has 2 nitrogen and oxygen atoms in total. The van der Waals surface area contributed by atoms with E-state index in [2.05, 4.69) is 254 Å². The number of thioether (sulfide) groups is 1. The van der Waals surface area contributed by atoms with Gasteiger partial charge in [-0.15, -0.1) is 18.3 Å². The molecule has 0 saturated carbocycles. The number of allylic oxidation sites excluding steroid dienone is 38. The Labute approximate surface area is 719 Å². The summed E-state index contributed by atoms with van der Waals surface area (Å²) in [5.74, 6) is 2.23. The van der Waals surface area contributed by atoms with Crippen molar-refractivity contribution in [3.8, 4) is 0 Å². The molecule has 0 spiro atoms. The van der Waals surface area contributed by atoms with Gasteiger partial charge in [-0.2, -0.15) is 0 Å². The molecule has 5 aromatic rings. The van der Waals surface area contributed by atoms with E-state index in [1.54, 1.807) is 29.4 Å². The SMILES string of the molecule is C=CC1=CC=C(c2ccc(C3(c4ccc(F)cc4)c4cc(N(c5ccc(C6=CCCC(C7=CC=C(F)CC7)C6)cc5)c5ccc6c(c5)C5C=C(N(C7C=CC8C9=C(CCC=C9)C(C9CC=C(F)CC9)(C9CC=C(C%10=CCC(C=C)C=C%10)CC9)C8C7)C7CC=C(C8=CC(C9=CCC(F)CC9)=CCC8)CC7)C=CC5S6)ccc4C4C=CC=CC43)cc2)CC1. The fourth-order valence-corrected chi connectivity index (χ4v) is 26.9. The van der Waals surface area contributed by atoms with Crippen molar-refractivity contribution in [2.24, 2.45) is 46.8 Å². The van der Waals surface area contributed by atoms with Crippen LogP contribution in [0.2, 0.25) is 0 Å². The van der Waals surface area contributed by atoms with Gasteiger partial charge in [0.25, 0.3) is 0 Å². The second-order valence-electron chi connectivity index (χ2n) is 37.5. The van der Waals surface area contributed by atoms with Crippen molar-refractivity contribution in [2.45, 2.75) is 206 Å². The molecule has 15 aliphatic carbocycles. The fourth-order valence-electron chi connectivity index (χ4n) is 25.6. The topological polar surface area (TPSA) is 6.48 Å². The van der Waals surface area contributed by atoms with Crippen LogP contribution in [0.1, 0.15) is 211 Å². The van der Waals surface area contributed by atoms with Crippen molar-refractivity contribution in [1.29, 1.82) is 0 Å². The molecule has 1 heterocycles.